The molecule has 0 saturated carbocycles. The lowest BCUT2D eigenvalue weighted by molar-refractivity contribution is 0.660. The molecule has 3 heteroatoms. The average Bonchev–Trinajstić information content (AvgIpc) is 3.88. The van der Waals surface area contributed by atoms with E-state index in [1.54, 1.807) is 0 Å². The number of fused-ring (bicyclic) bond motifs is 6. The van der Waals surface area contributed by atoms with Crippen molar-refractivity contribution in [2.75, 3.05) is 4.90 Å². The second-order valence-electron chi connectivity index (χ2n) is 15.2. The third-order valence-electron chi connectivity index (χ3n) is 11.4. The van der Waals surface area contributed by atoms with Gasteiger partial charge in [0.05, 0.1) is 11.0 Å². The quantitative estimate of drug-likeness (QED) is 0.167. The molecule has 9 aromatic rings. The molecule has 0 fully saturated rings. The zero-order chi connectivity index (χ0) is 36.6. The summed E-state index contributed by atoms with van der Waals surface area (Å²) >= 11 is 1.84. The number of aryl methyl sites for hydroxylation is 2. The first kappa shape index (κ1) is 32.5. The monoisotopic (exact) mass is 712 g/mol. The van der Waals surface area contributed by atoms with Crippen molar-refractivity contribution in [2.24, 2.45) is 0 Å². The van der Waals surface area contributed by atoms with Crippen LogP contribution in [0.2, 0.25) is 0 Å². The Labute approximate surface area is 321 Å². The lowest BCUT2D eigenvalue weighted by Gasteiger charge is -2.24. The summed E-state index contributed by atoms with van der Waals surface area (Å²) in [6.45, 7) is 9.02. The predicted molar refractivity (Wildman–Crippen MR) is 231 cm³/mol. The van der Waals surface area contributed by atoms with E-state index in [1.165, 1.54) is 87.4 Å². The minimum absolute atomic E-state index is 0.0244. The van der Waals surface area contributed by atoms with Crippen LogP contribution in [0.3, 0.4) is 0 Å². The molecule has 0 amide bonds. The van der Waals surface area contributed by atoms with Gasteiger partial charge in [-0.1, -0.05) is 116 Å². The summed E-state index contributed by atoms with van der Waals surface area (Å²) in [5.74, 6) is 0. The van der Waals surface area contributed by atoms with Crippen LogP contribution in [0.25, 0.3) is 60.2 Å². The van der Waals surface area contributed by atoms with Gasteiger partial charge in [-0.05, 0) is 132 Å². The number of aromatic nitrogens is 1. The minimum atomic E-state index is -0.0244. The molecule has 2 heterocycles. The molecule has 0 aliphatic heterocycles. The highest BCUT2D eigenvalue weighted by molar-refractivity contribution is 7.19. The zero-order valence-corrected chi connectivity index (χ0v) is 31.8. The Morgan fingerprint density at radius 3 is 1.87 bits per heavy atom. The number of anilines is 3. The molecule has 0 radical (unpaired) electrons. The van der Waals surface area contributed by atoms with E-state index in [9.17, 15) is 0 Å². The van der Waals surface area contributed by atoms with Crippen molar-refractivity contribution in [3.63, 3.8) is 0 Å². The summed E-state index contributed by atoms with van der Waals surface area (Å²) in [6, 6.07) is 62.8. The van der Waals surface area contributed by atoms with Crippen LogP contribution in [0.15, 0.2) is 170 Å². The average molecular weight is 713 g/mol. The standard InChI is InChI=1S/C51H40N2S/c1-33-14-21-39(22-15-33)52(40-23-17-35(18-24-40)36-19-25-42-41-12-8-9-13-45(41)51(3,4)46(42)32-36)50-29-28-49(54-50)37-20-27-48-44(31-37)43-30-34(2)16-26-47(43)53(48)38-10-6-5-7-11-38/h5-32H,1-4H3. The van der Waals surface area contributed by atoms with Crippen LogP contribution in [0, 0.1) is 13.8 Å². The summed E-state index contributed by atoms with van der Waals surface area (Å²) in [5, 5.41) is 3.74. The number of hydrogen-bond acceptors (Lipinski definition) is 2. The lowest BCUT2D eigenvalue weighted by atomic mass is 9.81. The molecule has 2 nitrogen and oxygen atoms in total. The van der Waals surface area contributed by atoms with E-state index in [1.807, 2.05) is 11.3 Å². The Kier molecular flexibility index (Phi) is 7.50. The highest BCUT2D eigenvalue weighted by atomic mass is 32.1. The molecular formula is C51H40N2S. The molecule has 0 atom stereocenters. The fourth-order valence-electron chi connectivity index (χ4n) is 8.53. The zero-order valence-electron chi connectivity index (χ0n) is 31.0. The summed E-state index contributed by atoms with van der Waals surface area (Å²) < 4.78 is 2.39. The van der Waals surface area contributed by atoms with E-state index >= 15 is 0 Å². The van der Waals surface area contributed by atoms with Crippen LogP contribution in [0.5, 0.6) is 0 Å². The number of hydrogen-bond donors (Lipinski definition) is 0. The van der Waals surface area contributed by atoms with E-state index in [-0.39, 0.29) is 5.41 Å². The van der Waals surface area contributed by atoms with Crippen molar-refractivity contribution >= 4 is 49.5 Å². The van der Waals surface area contributed by atoms with Gasteiger partial charge in [-0.15, -0.1) is 11.3 Å². The molecule has 0 spiro atoms. The number of rotatable bonds is 6. The van der Waals surface area contributed by atoms with Gasteiger partial charge in [0.1, 0.15) is 5.00 Å². The smallest absolute Gasteiger partial charge is 0.101 e. The van der Waals surface area contributed by atoms with Gasteiger partial charge in [0.2, 0.25) is 0 Å². The van der Waals surface area contributed by atoms with Crippen LogP contribution < -0.4 is 4.90 Å². The van der Waals surface area contributed by atoms with Gasteiger partial charge in [0.25, 0.3) is 0 Å². The molecule has 0 bridgehead atoms. The maximum Gasteiger partial charge on any atom is 0.101 e. The fourth-order valence-corrected chi connectivity index (χ4v) is 9.58. The molecule has 1 aliphatic carbocycles. The van der Waals surface area contributed by atoms with Crippen molar-refractivity contribution in [1.82, 2.24) is 4.57 Å². The van der Waals surface area contributed by atoms with Crippen LogP contribution in [0.1, 0.15) is 36.1 Å². The predicted octanol–water partition coefficient (Wildman–Crippen LogP) is 14.6. The van der Waals surface area contributed by atoms with Crippen molar-refractivity contribution in [3.05, 3.63) is 192 Å². The molecule has 10 rings (SSSR count). The van der Waals surface area contributed by atoms with Crippen LogP contribution in [-0.2, 0) is 5.41 Å². The third kappa shape index (κ3) is 5.22. The fraction of sp³-hybridized carbons (Fsp3) is 0.0980. The summed E-state index contributed by atoms with van der Waals surface area (Å²) in [5.41, 5.74) is 17.6. The molecule has 1 aliphatic rings. The first-order chi connectivity index (χ1) is 26.3. The number of para-hydroxylation sites is 1. The number of nitrogens with zero attached hydrogens (tertiary/aromatic N) is 2. The van der Waals surface area contributed by atoms with E-state index in [2.05, 4.69) is 207 Å². The molecule has 260 valence electrons. The van der Waals surface area contributed by atoms with Gasteiger partial charge in [0.15, 0.2) is 0 Å². The maximum absolute atomic E-state index is 2.41. The number of thiophene rings is 1. The second kappa shape index (κ2) is 12.5. The Morgan fingerprint density at radius 1 is 0.481 bits per heavy atom. The summed E-state index contributed by atoms with van der Waals surface area (Å²) in [7, 11) is 0. The number of benzene rings is 7. The van der Waals surface area contributed by atoms with Crippen molar-refractivity contribution in [3.8, 4) is 38.4 Å². The van der Waals surface area contributed by atoms with Crippen LogP contribution >= 0.6 is 11.3 Å². The van der Waals surface area contributed by atoms with Gasteiger partial charge in [-0.2, -0.15) is 0 Å². The lowest BCUT2D eigenvalue weighted by Crippen LogP contribution is -2.14. The molecule has 0 unspecified atom stereocenters. The van der Waals surface area contributed by atoms with Crippen LogP contribution in [0.4, 0.5) is 16.4 Å². The molecule has 0 N–H and O–H groups in total. The Hall–Kier alpha value is -6.16. The third-order valence-corrected chi connectivity index (χ3v) is 12.5. The first-order valence-electron chi connectivity index (χ1n) is 18.8. The van der Waals surface area contributed by atoms with Gasteiger partial charge < -0.3 is 9.47 Å². The molecular weight excluding hydrogens is 673 g/mol. The normalized spacial score (nSPS) is 13.0. The topological polar surface area (TPSA) is 8.17 Å². The van der Waals surface area contributed by atoms with Gasteiger partial charge in [-0.25, -0.2) is 0 Å². The Morgan fingerprint density at radius 2 is 1.09 bits per heavy atom. The SMILES string of the molecule is Cc1ccc(N(c2ccc(-c3ccc4c(c3)C(C)(C)c3ccccc3-4)cc2)c2ccc(-c3ccc4c(c3)c3cc(C)ccc3n4-c3ccccc3)s2)cc1. The molecule has 0 saturated heterocycles. The van der Waals surface area contributed by atoms with Gasteiger partial charge >= 0.3 is 0 Å². The van der Waals surface area contributed by atoms with Gasteiger partial charge in [-0.3, -0.25) is 0 Å². The summed E-state index contributed by atoms with van der Waals surface area (Å²) in [6.07, 6.45) is 0. The highest BCUT2D eigenvalue weighted by Gasteiger charge is 2.35. The highest BCUT2D eigenvalue weighted by Crippen LogP contribution is 2.50. The van der Waals surface area contributed by atoms with Crippen molar-refractivity contribution in [2.45, 2.75) is 33.1 Å². The van der Waals surface area contributed by atoms with E-state index in [0.717, 1.165) is 11.4 Å². The van der Waals surface area contributed by atoms with Gasteiger partial charge in [0, 0.05) is 38.1 Å². The molecule has 54 heavy (non-hydrogen) atoms. The van der Waals surface area contributed by atoms with E-state index in [4.69, 9.17) is 0 Å². The van der Waals surface area contributed by atoms with Crippen LogP contribution in [-0.4, -0.2) is 4.57 Å². The Bertz CT molecular complexity index is 2850. The first-order valence-corrected chi connectivity index (χ1v) is 19.6. The van der Waals surface area contributed by atoms with E-state index in [0.29, 0.717) is 0 Å². The maximum atomic E-state index is 2.41. The van der Waals surface area contributed by atoms with Crippen molar-refractivity contribution < 1.29 is 0 Å². The minimum Gasteiger partial charge on any atom is -0.309 e. The molecule has 7 aromatic carbocycles. The Balaban J connectivity index is 1.03. The van der Waals surface area contributed by atoms with Crippen molar-refractivity contribution in [1.29, 1.82) is 0 Å². The van der Waals surface area contributed by atoms with E-state index < -0.39 is 0 Å². The largest absolute Gasteiger partial charge is 0.309 e. The summed E-state index contributed by atoms with van der Waals surface area (Å²) in [4.78, 5) is 3.64. The second-order valence-corrected chi connectivity index (χ2v) is 16.3. The molecule has 2 aromatic heterocycles.